The maximum atomic E-state index is 12.4. The average Bonchev–Trinajstić information content (AvgIpc) is 3.05. The Morgan fingerprint density at radius 1 is 1.08 bits per heavy atom. The van der Waals surface area contributed by atoms with Gasteiger partial charge in [0.25, 0.3) is 0 Å². The van der Waals surface area contributed by atoms with Gasteiger partial charge in [0, 0.05) is 11.8 Å². The molecule has 25 heavy (non-hydrogen) atoms. The van der Waals surface area contributed by atoms with Gasteiger partial charge in [0.1, 0.15) is 5.75 Å². The third kappa shape index (κ3) is 4.06. The largest absolute Gasteiger partial charge is 0.497 e. The molecule has 0 saturated carbocycles. The molecule has 9 heteroatoms. The summed E-state index contributed by atoms with van der Waals surface area (Å²) in [7, 11) is 1.54. The van der Waals surface area contributed by atoms with Crippen molar-refractivity contribution in [3.8, 4) is 29.0 Å². The second-order valence-electron chi connectivity index (χ2n) is 4.95. The molecule has 0 amide bonds. The molecule has 2 aromatic heterocycles. The van der Waals surface area contributed by atoms with Crippen molar-refractivity contribution in [1.29, 1.82) is 0 Å². The highest BCUT2D eigenvalue weighted by molar-refractivity contribution is 5.58. The molecule has 0 aliphatic rings. The van der Waals surface area contributed by atoms with Crippen LogP contribution in [0.5, 0.6) is 11.8 Å². The molecular formula is C16H13F3N4O2. The molecule has 0 aliphatic heterocycles. The van der Waals surface area contributed by atoms with E-state index >= 15 is 0 Å². The van der Waals surface area contributed by atoms with Crippen molar-refractivity contribution in [2.75, 3.05) is 13.7 Å². The molecule has 0 bridgehead atoms. The maximum absolute atomic E-state index is 12.4. The van der Waals surface area contributed by atoms with Gasteiger partial charge in [-0.25, -0.2) is 4.98 Å². The van der Waals surface area contributed by atoms with Crippen LogP contribution in [0.1, 0.15) is 0 Å². The molecule has 3 aromatic rings. The fourth-order valence-corrected chi connectivity index (χ4v) is 2.07. The Hall–Kier alpha value is -3.10. The summed E-state index contributed by atoms with van der Waals surface area (Å²) in [6, 6.07) is 11.6. The van der Waals surface area contributed by atoms with Gasteiger partial charge < -0.3 is 9.47 Å². The lowest BCUT2D eigenvalue weighted by Crippen LogP contribution is -2.19. The highest BCUT2D eigenvalue weighted by Crippen LogP contribution is 2.25. The molecule has 0 aliphatic carbocycles. The van der Waals surface area contributed by atoms with Crippen LogP contribution in [0.3, 0.4) is 0 Å². The fourth-order valence-electron chi connectivity index (χ4n) is 2.07. The first-order valence-electron chi connectivity index (χ1n) is 7.19. The minimum Gasteiger partial charge on any atom is -0.497 e. The van der Waals surface area contributed by atoms with Gasteiger partial charge >= 0.3 is 12.2 Å². The summed E-state index contributed by atoms with van der Waals surface area (Å²) in [5.74, 6) is 1.35. The quantitative estimate of drug-likeness (QED) is 0.707. The molecular weight excluding hydrogens is 337 g/mol. The zero-order valence-corrected chi connectivity index (χ0v) is 13.1. The van der Waals surface area contributed by atoms with Gasteiger partial charge in [-0.15, -0.1) is 5.10 Å². The monoisotopic (exact) mass is 350 g/mol. The molecule has 0 atom stereocenters. The average molecular weight is 350 g/mol. The molecule has 0 spiro atoms. The molecule has 0 fully saturated rings. The van der Waals surface area contributed by atoms with Gasteiger partial charge in [0.2, 0.25) is 0 Å². The summed E-state index contributed by atoms with van der Waals surface area (Å²) >= 11 is 0. The fraction of sp³-hybridized carbons (Fsp3) is 0.188. The van der Waals surface area contributed by atoms with E-state index in [1.165, 1.54) is 11.8 Å². The smallest absolute Gasteiger partial charge is 0.422 e. The number of ether oxygens (including phenoxy) is 2. The Kier molecular flexibility index (Phi) is 4.55. The summed E-state index contributed by atoms with van der Waals surface area (Å²) in [5, 5.41) is 3.99. The minimum atomic E-state index is -4.48. The minimum absolute atomic E-state index is 0.304. The summed E-state index contributed by atoms with van der Waals surface area (Å²) in [6.07, 6.45) is -2.93. The van der Waals surface area contributed by atoms with Crippen LogP contribution in [-0.2, 0) is 0 Å². The van der Waals surface area contributed by atoms with Crippen molar-refractivity contribution in [3.05, 3.63) is 48.7 Å². The van der Waals surface area contributed by atoms with Crippen LogP contribution in [0.15, 0.2) is 48.7 Å². The Morgan fingerprint density at radius 2 is 1.84 bits per heavy atom. The van der Waals surface area contributed by atoms with Crippen LogP contribution >= 0.6 is 0 Å². The van der Waals surface area contributed by atoms with Crippen LogP contribution in [0.25, 0.3) is 17.2 Å². The second kappa shape index (κ2) is 6.80. The molecule has 3 rings (SSSR count). The molecule has 0 unspecified atom stereocenters. The number of benzene rings is 1. The molecule has 130 valence electrons. The first-order chi connectivity index (χ1) is 12.0. The Morgan fingerprint density at radius 3 is 2.44 bits per heavy atom. The van der Waals surface area contributed by atoms with Crippen LogP contribution in [0, 0.1) is 0 Å². The van der Waals surface area contributed by atoms with Crippen LogP contribution in [0.4, 0.5) is 13.2 Å². The highest BCUT2D eigenvalue weighted by Gasteiger charge is 2.29. The number of methoxy groups -OCH3 is 1. The molecule has 0 saturated heterocycles. The number of rotatable bonds is 5. The number of alkyl halides is 3. The summed E-state index contributed by atoms with van der Waals surface area (Å²) in [5.41, 5.74) is 0.626. The van der Waals surface area contributed by atoms with Crippen molar-refractivity contribution in [1.82, 2.24) is 19.7 Å². The van der Waals surface area contributed by atoms with E-state index in [-0.39, 0.29) is 6.01 Å². The van der Waals surface area contributed by atoms with Crippen molar-refractivity contribution in [2.24, 2.45) is 0 Å². The van der Waals surface area contributed by atoms with Crippen LogP contribution in [0.2, 0.25) is 0 Å². The third-order valence-electron chi connectivity index (χ3n) is 3.17. The van der Waals surface area contributed by atoms with E-state index in [2.05, 4.69) is 19.8 Å². The van der Waals surface area contributed by atoms with Crippen molar-refractivity contribution < 1.29 is 22.6 Å². The summed E-state index contributed by atoms with van der Waals surface area (Å²) in [4.78, 5) is 8.21. The Bertz CT molecular complexity index is 833. The van der Waals surface area contributed by atoms with Gasteiger partial charge in [0.15, 0.2) is 18.2 Å². The topological polar surface area (TPSA) is 62.1 Å². The van der Waals surface area contributed by atoms with Crippen molar-refractivity contribution >= 4 is 0 Å². The normalized spacial score (nSPS) is 11.4. The summed E-state index contributed by atoms with van der Waals surface area (Å²) in [6.45, 7) is -1.47. The standard InChI is InChI=1S/C16H13F3N4O2/c1-24-12-7-5-11(6-8-12)14-21-15(25-10-16(17,18)19)22-23(14)13-4-2-3-9-20-13/h2-9H,10H2,1H3. The zero-order valence-electron chi connectivity index (χ0n) is 13.1. The number of halogens is 3. The van der Waals surface area contributed by atoms with Crippen LogP contribution in [-0.4, -0.2) is 39.6 Å². The molecule has 0 radical (unpaired) electrons. The molecule has 0 N–H and O–H groups in total. The number of aromatic nitrogens is 4. The third-order valence-corrected chi connectivity index (χ3v) is 3.17. The number of nitrogens with zero attached hydrogens (tertiary/aromatic N) is 4. The molecule has 1 aromatic carbocycles. The molecule has 6 nitrogen and oxygen atoms in total. The van der Waals surface area contributed by atoms with E-state index in [1.807, 2.05) is 0 Å². The lowest BCUT2D eigenvalue weighted by Gasteiger charge is -2.05. The highest BCUT2D eigenvalue weighted by atomic mass is 19.4. The Balaban J connectivity index is 2.00. The lowest BCUT2D eigenvalue weighted by atomic mass is 10.2. The number of hydrogen-bond donors (Lipinski definition) is 0. The van der Waals surface area contributed by atoms with Gasteiger partial charge in [-0.1, -0.05) is 6.07 Å². The Labute approximate surface area is 140 Å². The van der Waals surface area contributed by atoms with Gasteiger partial charge in [-0.3, -0.25) is 0 Å². The van der Waals surface area contributed by atoms with Gasteiger partial charge in [0.05, 0.1) is 7.11 Å². The van der Waals surface area contributed by atoms with Crippen LogP contribution < -0.4 is 9.47 Å². The maximum Gasteiger partial charge on any atom is 0.422 e. The van der Waals surface area contributed by atoms with Gasteiger partial charge in [-0.2, -0.15) is 22.8 Å². The predicted octanol–water partition coefficient (Wildman–Crippen LogP) is 3.28. The molecule has 2 heterocycles. The van der Waals surface area contributed by atoms with Gasteiger partial charge in [-0.05, 0) is 36.4 Å². The van der Waals surface area contributed by atoms with Crippen molar-refractivity contribution in [2.45, 2.75) is 6.18 Å². The zero-order chi connectivity index (χ0) is 17.9. The number of hydrogen-bond acceptors (Lipinski definition) is 5. The van der Waals surface area contributed by atoms with Crippen molar-refractivity contribution in [3.63, 3.8) is 0 Å². The summed E-state index contributed by atoms with van der Waals surface area (Å²) < 4.78 is 48.2. The SMILES string of the molecule is COc1ccc(-c2nc(OCC(F)(F)F)nn2-c2ccccn2)cc1. The van der Waals surface area contributed by atoms with E-state index in [1.54, 1.807) is 48.7 Å². The van der Waals surface area contributed by atoms with E-state index in [0.717, 1.165) is 0 Å². The van der Waals surface area contributed by atoms with E-state index < -0.39 is 12.8 Å². The first-order valence-corrected chi connectivity index (χ1v) is 7.19. The van der Waals surface area contributed by atoms with E-state index in [4.69, 9.17) is 4.74 Å². The number of pyridine rings is 1. The van der Waals surface area contributed by atoms with E-state index in [9.17, 15) is 13.2 Å². The lowest BCUT2D eigenvalue weighted by molar-refractivity contribution is -0.154. The predicted molar refractivity (Wildman–Crippen MR) is 82.7 cm³/mol. The first kappa shape index (κ1) is 16.7. The van der Waals surface area contributed by atoms with E-state index in [0.29, 0.717) is 23.0 Å². The second-order valence-corrected chi connectivity index (χ2v) is 4.95.